The molecule has 2 rings (SSSR count). The number of nitrogens with zero attached hydrogens (tertiary/aromatic N) is 3. The minimum atomic E-state index is 0. The molecular weight excluding hydrogens is 407 g/mol. The van der Waals surface area contributed by atoms with E-state index in [0.29, 0.717) is 6.61 Å². The van der Waals surface area contributed by atoms with Crippen molar-refractivity contribution >= 4 is 35.8 Å². The van der Waals surface area contributed by atoms with Gasteiger partial charge >= 0.3 is 0 Å². The quantitative estimate of drug-likeness (QED) is 0.271. The fourth-order valence-electron chi connectivity index (χ4n) is 2.52. The fourth-order valence-corrected chi connectivity index (χ4v) is 2.52. The summed E-state index contributed by atoms with van der Waals surface area (Å²) in [6.45, 7) is 7.21. The molecule has 2 fully saturated rings. The van der Waals surface area contributed by atoms with Crippen molar-refractivity contribution in [3.8, 4) is 0 Å². The summed E-state index contributed by atoms with van der Waals surface area (Å²) in [5, 5.41) is 3.24. The number of likely N-dealkylation sites (N-methyl/N-ethyl adjacent to an activating group) is 1. The van der Waals surface area contributed by atoms with Crippen LogP contribution in [0.4, 0.5) is 0 Å². The summed E-state index contributed by atoms with van der Waals surface area (Å²) in [5.41, 5.74) is 0. The number of hydrogen-bond donors (Lipinski definition) is 1. The van der Waals surface area contributed by atoms with Crippen LogP contribution in [0, 0.1) is 5.92 Å². The fraction of sp³-hybridized carbons (Fsp3) is 0.875. The third kappa shape index (κ3) is 7.69. The molecule has 6 nitrogen and oxygen atoms in total. The van der Waals surface area contributed by atoms with E-state index in [2.05, 4.69) is 10.3 Å². The van der Waals surface area contributed by atoms with Gasteiger partial charge < -0.3 is 19.9 Å². The van der Waals surface area contributed by atoms with E-state index in [1.54, 1.807) is 0 Å². The van der Waals surface area contributed by atoms with Crippen molar-refractivity contribution in [3.63, 3.8) is 0 Å². The van der Waals surface area contributed by atoms with Crippen molar-refractivity contribution in [3.05, 3.63) is 0 Å². The van der Waals surface area contributed by atoms with Crippen LogP contribution in [0.5, 0.6) is 0 Å². The predicted octanol–water partition coefficient (Wildman–Crippen LogP) is 1.55. The Labute approximate surface area is 157 Å². The van der Waals surface area contributed by atoms with Gasteiger partial charge in [0.25, 0.3) is 0 Å². The molecule has 1 amide bonds. The van der Waals surface area contributed by atoms with Crippen LogP contribution in [0.3, 0.4) is 0 Å². The number of halogens is 1. The van der Waals surface area contributed by atoms with Gasteiger partial charge in [0, 0.05) is 39.8 Å². The highest BCUT2D eigenvalue weighted by molar-refractivity contribution is 14.0. The van der Waals surface area contributed by atoms with Crippen molar-refractivity contribution in [2.75, 3.05) is 53.0 Å². The summed E-state index contributed by atoms with van der Waals surface area (Å²) in [6, 6.07) is 0. The lowest BCUT2D eigenvalue weighted by molar-refractivity contribution is -0.128. The lowest BCUT2D eigenvalue weighted by atomic mass is 10.4. The molecule has 1 N–H and O–H groups in total. The van der Waals surface area contributed by atoms with E-state index >= 15 is 0 Å². The number of guanidine groups is 1. The van der Waals surface area contributed by atoms with E-state index in [4.69, 9.17) is 4.74 Å². The minimum absolute atomic E-state index is 0. The topological polar surface area (TPSA) is 57.2 Å². The van der Waals surface area contributed by atoms with Crippen molar-refractivity contribution < 1.29 is 9.53 Å². The summed E-state index contributed by atoms with van der Waals surface area (Å²) in [4.78, 5) is 20.5. The Morgan fingerprint density at radius 2 is 2.04 bits per heavy atom. The van der Waals surface area contributed by atoms with Crippen molar-refractivity contribution in [2.24, 2.45) is 10.9 Å². The molecule has 0 spiro atoms. The molecule has 0 radical (unpaired) electrons. The highest BCUT2D eigenvalue weighted by Crippen LogP contribution is 2.28. The third-order valence-corrected chi connectivity index (χ3v) is 4.14. The maximum absolute atomic E-state index is 12.1. The molecule has 1 aliphatic carbocycles. The van der Waals surface area contributed by atoms with E-state index in [9.17, 15) is 4.79 Å². The Morgan fingerprint density at radius 1 is 1.35 bits per heavy atom. The molecule has 0 aromatic rings. The number of carbonyl (C=O) groups is 1. The number of carbonyl (C=O) groups excluding carboxylic acids is 1. The van der Waals surface area contributed by atoms with Gasteiger partial charge in [-0.1, -0.05) is 0 Å². The number of nitrogens with one attached hydrogen (secondary N) is 1. The summed E-state index contributed by atoms with van der Waals surface area (Å²) in [6.07, 6.45) is 4.87. The average Bonchev–Trinajstić information content (AvgIpc) is 3.17. The van der Waals surface area contributed by atoms with Gasteiger partial charge in [-0.2, -0.15) is 0 Å². The number of likely N-dealkylation sites (tertiary alicyclic amines) is 1. The first-order valence-electron chi connectivity index (χ1n) is 8.55. The van der Waals surface area contributed by atoms with Crippen LogP contribution in [0.15, 0.2) is 4.99 Å². The summed E-state index contributed by atoms with van der Waals surface area (Å²) in [7, 11) is 1.99. The normalized spacial score (nSPS) is 17.8. The zero-order chi connectivity index (χ0) is 15.8. The highest BCUT2D eigenvalue weighted by Gasteiger charge is 2.21. The molecule has 1 heterocycles. The zero-order valence-corrected chi connectivity index (χ0v) is 16.8. The van der Waals surface area contributed by atoms with Crippen molar-refractivity contribution in [1.29, 1.82) is 0 Å². The van der Waals surface area contributed by atoms with Crippen LogP contribution >= 0.6 is 24.0 Å². The second-order valence-electron chi connectivity index (χ2n) is 6.20. The molecule has 0 aromatic heterocycles. The summed E-state index contributed by atoms with van der Waals surface area (Å²) < 4.78 is 5.66. The average molecular weight is 438 g/mol. The van der Waals surface area contributed by atoms with Gasteiger partial charge in [-0.25, -0.2) is 4.99 Å². The Morgan fingerprint density at radius 3 is 2.65 bits per heavy atom. The molecule has 0 unspecified atom stereocenters. The Kier molecular flexibility index (Phi) is 9.85. The first kappa shape index (κ1) is 20.5. The maximum atomic E-state index is 12.1. The molecule has 1 saturated carbocycles. The molecule has 1 aliphatic heterocycles. The lowest BCUT2D eigenvalue weighted by Gasteiger charge is -2.22. The van der Waals surface area contributed by atoms with Gasteiger partial charge in [0.2, 0.25) is 5.91 Å². The molecule has 0 aromatic carbocycles. The van der Waals surface area contributed by atoms with E-state index in [-0.39, 0.29) is 36.4 Å². The Bertz CT molecular complexity index is 382. The second kappa shape index (κ2) is 11.1. The monoisotopic (exact) mass is 438 g/mol. The van der Waals surface area contributed by atoms with Gasteiger partial charge in [-0.05, 0) is 38.5 Å². The smallest absolute Gasteiger partial charge is 0.244 e. The van der Waals surface area contributed by atoms with Gasteiger partial charge in [0.05, 0.1) is 6.61 Å². The molecule has 134 valence electrons. The van der Waals surface area contributed by atoms with E-state index < -0.39 is 0 Å². The number of amides is 1. The largest absolute Gasteiger partial charge is 0.379 e. The minimum Gasteiger partial charge on any atom is -0.379 e. The number of aliphatic imine (C=N–C) groups is 1. The Hall–Kier alpha value is -0.570. The van der Waals surface area contributed by atoms with E-state index in [1.807, 2.05) is 23.8 Å². The van der Waals surface area contributed by atoms with Crippen molar-refractivity contribution in [2.45, 2.75) is 32.6 Å². The summed E-state index contributed by atoms with van der Waals surface area (Å²) in [5.74, 6) is 1.71. The number of rotatable bonds is 8. The van der Waals surface area contributed by atoms with Crippen LogP contribution < -0.4 is 5.32 Å². The van der Waals surface area contributed by atoms with Crippen LogP contribution in [0.1, 0.15) is 32.6 Å². The van der Waals surface area contributed by atoms with Gasteiger partial charge in [0.1, 0.15) is 6.54 Å². The number of hydrogen-bond acceptors (Lipinski definition) is 3. The molecule has 23 heavy (non-hydrogen) atoms. The standard InChI is InChI=1S/C16H30N4O2.HI/c1-3-17-16(18-12-15(21)20-8-4-5-9-20)19(2)10-11-22-13-14-6-7-14;/h14H,3-13H2,1-2H3,(H,17,18);1H. The third-order valence-electron chi connectivity index (χ3n) is 4.14. The zero-order valence-electron chi connectivity index (χ0n) is 14.4. The van der Waals surface area contributed by atoms with Gasteiger partial charge in [-0.15, -0.1) is 24.0 Å². The van der Waals surface area contributed by atoms with Crippen LogP contribution in [0.25, 0.3) is 0 Å². The molecule has 2 aliphatic rings. The van der Waals surface area contributed by atoms with Crippen LogP contribution in [0.2, 0.25) is 0 Å². The molecule has 0 atom stereocenters. The second-order valence-corrected chi connectivity index (χ2v) is 6.20. The van der Waals surface area contributed by atoms with Crippen LogP contribution in [-0.2, 0) is 9.53 Å². The molecular formula is C16H31IN4O2. The highest BCUT2D eigenvalue weighted by atomic mass is 127. The van der Waals surface area contributed by atoms with Crippen molar-refractivity contribution in [1.82, 2.24) is 15.1 Å². The predicted molar refractivity (Wildman–Crippen MR) is 103 cm³/mol. The Balaban J connectivity index is 0.00000264. The first-order valence-corrected chi connectivity index (χ1v) is 8.55. The van der Waals surface area contributed by atoms with Gasteiger partial charge in [0.15, 0.2) is 5.96 Å². The van der Waals surface area contributed by atoms with E-state index in [1.165, 1.54) is 12.8 Å². The van der Waals surface area contributed by atoms with E-state index in [0.717, 1.165) is 57.5 Å². The van der Waals surface area contributed by atoms with Crippen LogP contribution in [-0.4, -0.2) is 74.7 Å². The molecule has 0 bridgehead atoms. The first-order chi connectivity index (χ1) is 10.7. The molecule has 1 saturated heterocycles. The summed E-state index contributed by atoms with van der Waals surface area (Å²) >= 11 is 0. The lowest BCUT2D eigenvalue weighted by Crippen LogP contribution is -2.41. The SMILES string of the molecule is CCNC(=NCC(=O)N1CCCC1)N(C)CCOCC1CC1.I. The molecule has 7 heteroatoms. The maximum Gasteiger partial charge on any atom is 0.244 e. The number of ether oxygens (including phenoxy) is 1. The van der Waals surface area contributed by atoms with Gasteiger partial charge in [-0.3, -0.25) is 4.79 Å².